The molecule has 4 fully saturated rings. The van der Waals surface area contributed by atoms with Crippen LogP contribution >= 0.6 is 0 Å². The minimum atomic E-state index is -0.138. The Balaban J connectivity index is 0.944. The van der Waals surface area contributed by atoms with Crippen LogP contribution in [0.4, 0.5) is 0 Å². The van der Waals surface area contributed by atoms with Crippen LogP contribution in [0.5, 0.6) is 0 Å². The number of hydrogen-bond donors (Lipinski definition) is 4. The molecule has 3 unspecified atom stereocenters. The van der Waals surface area contributed by atoms with E-state index in [0.29, 0.717) is 12.1 Å². The maximum Gasteiger partial charge on any atom is 0.0691 e. The Labute approximate surface area is 279 Å². The smallest absolute Gasteiger partial charge is 0.0691 e. The van der Waals surface area contributed by atoms with Gasteiger partial charge in [-0.2, -0.15) is 0 Å². The van der Waals surface area contributed by atoms with E-state index >= 15 is 0 Å². The Kier molecular flexibility index (Phi) is 18.1. The second kappa shape index (κ2) is 21.7. The molecule has 4 N–H and O–H groups in total. The van der Waals surface area contributed by atoms with Gasteiger partial charge in [-0.3, -0.25) is 4.90 Å². The van der Waals surface area contributed by atoms with E-state index in [-0.39, 0.29) is 24.3 Å². The lowest BCUT2D eigenvalue weighted by Crippen LogP contribution is -2.48. The average Bonchev–Trinajstić information content (AvgIpc) is 3.51. The van der Waals surface area contributed by atoms with Crippen LogP contribution in [-0.4, -0.2) is 70.6 Å². The molecule has 4 heterocycles. The number of fused-ring (bicyclic) bond motifs is 1. The summed E-state index contributed by atoms with van der Waals surface area (Å²) >= 11 is 0. The molecule has 0 bridgehead atoms. The topological polar surface area (TPSA) is 67.8 Å². The van der Waals surface area contributed by atoms with Crippen molar-refractivity contribution in [3.8, 4) is 0 Å². The molecule has 0 amide bonds. The highest BCUT2D eigenvalue weighted by molar-refractivity contribution is 4.92. The third-order valence-electron chi connectivity index (χ3n) is 12.7. The molecule has 0 aromatic heterocycles. The van der Waals surface area contributed by atoms with Crippen molar-refractivity contribution in [2.75, 3.05) is 13.1 Å². The Morgan fingerprint density at radius 1 is 0.533 bits per heavy atom. The van der Waals surface area contributed by atoms with Gasteiger partial charge in [0.2, 0.25) is 0 Å². The van der Waals surface area contributed by atoms with Crippen molar-refractivity contribution < 1.29 is 10.2 Å². The molecular formula is C40H77N3O2. The molecule has 0 saturated carbocycles. The van der Waals surface area contributed by atoms with E-state index in [1.165, 1.54) is 161 Å². The van der Waals surface area contributed by atoms with Gasteiger partial charge in [-0.25, -0.2) is 0 Å². The number of hydrogen-bond acceptors (Lipinski definition) is 5. The SMILES string of the molecule is C[C@@H]1N[C@H](CCCCCCCCCCC2CC(CCCCCCCCCC[C@@H]3CC[C@@H](O)[C@H](C)N3)C3CCCN3C2)CC[C@H]1O. The van der Waals surface area contributed by atoms with Crippen LogP contribution in [0.1, 0.15) is 187 Å². The standard InChI is InChI=1S/C40H77N3O2/c1-32-39(44)27-25-36(41-32)22-17-13-9-5-3-7-11-15-20-34-30-35(38-24-19-29-43(38)31-34)21-16-12-8-4-6-10-14-18-23-37-26-28-40(45)33(2)42-37/h32-42,44-45H,3-31H2,1-2H3/t32-,33-,34?,35?,36+,37+,38?,39+,40+/m0/s1. The number of rotatable bonds is 22. The van der Waals surface area contributed by atoms with E-state index in [1.54, 1.807) is 0 Å². The van der Waals surface area contributed by atoms with Crippen molar-refractivity contribution in [3.05, 3.63) is 0 Å². The molecule has 0 spiro atoms. The van der Waals surface area contributed by atoms with Crippen LogP contribution < -0.4 is 10.6 Å². The molecule has 264 valence electrons. The molecule has 9 atom stereocenters. The van der Waals surface area contributed by atoms with E-state index in [0.717, 1.165) is 43.6 Å². The molecular weight excluding hydrogens is 554 g/mol. The summed E-state index contributed by atoms with van der Waals surface area (Å²) in [5.41, 5.74) is 0. The maximum atomic E-state index is 9.89. The van der Waals surface area contributed by atoms with Crippen molar-refractivity contribution in [2.45, 2.75) is 230 Å². The molecule has 4 rings (SSSR count). The quantitative estimate of drug-likeness (QED) is 0.0899. The lowest BCUT2D eigenvalue weighted by Gasteiger charge is -2.41. The minimum Gasteiger partial charge on any atom is -0.392 e. The van der Waals surface area contributed by atoms with Gasteiger partial charge in [0.05, 0.1) is 12.2 Å². The molecule has 45 heavy (non-hydrogen) atoms. The number of nitrogens with zero attached hydrogens (tertiary/aromatic N) is 1. The fourth-order valence-electron chi connectivity index (χ4n) is 9.70. The molecule has 5 heteroatoms. The van der Waals surface area contributed by atoms with Gasteiger partial charge in [0, 0.05) is 36.8 Å². The van der Waals surface area contributed by atoms with Gasteiger partial charge < -0.3 is 20.8 Å². The number of aliphatic hydroxyl groups excluding tert-OH is 2. The molecule has 0 aromatic rings. The van der Waals surface area contributed by atoms with Gasteiger partial charge >= 0.3 is 0 Å². The van der Waals surface area contributed by atoms with Gasteiger partial charge in [-0.15, -0.1) is 0 Å². The van der Waals surface area contributed by atoms with Crippen LogP contribution in [0.2, 0.25) is 0 Å². The third-order valence-corrected chi connectivity index (χ3v) is 12.7. The fourth-order valence-corrected chi connectivity index (χ4v) is 9.70. The van der Waals surface area contributed by atoms with Crippen molar-refractivity contribution >= 4 is 0 Å². The van der Waals surface area contributed by atoms with E-state index in [1.807, 2.05) is 0 Å². The van der Waals surface area contributed by atoms with Gasteiger partial charge in [0.1, 0.15) is 0 Å². The van der Waals surface area contributed by atoms with Gasteiger partial charge in [-0.1, -0.05) is 103 Å². The molecule has 0 aromatic carbocycles. The summed E-state index contributed by atoms with van der Waals surface area (Å²) in [6.07, 6.45) is 36.8. The zero-order chi connectivity index (χ0) is 31.7. The summed E-state index contributed by atoms with van der Waals surface area (Å²) in [4.78, 5) is 2.91. The summed E-state index contributed by atoms with van der Waals surface area (Å²) in [5.74, 6) is 1.96. The summed E-state index contributed by atoms with van der Waals surface area (Å²) in [6.45, 7) is 7.05. The second-order valence-corrected chi connectivity index (χ2v) is 16.5. The molecule has 4 aliphatic heterocycles. The van der Waals surface area contributed by atoms with E-state index in [2.05, 4.69) is 29.4 Å². The van der Waals surface area contributed by atoms with Crippen molar-refractivity contribution in [2.24, 2.45) is 11.8 Å². The van der Waals surface area contributed by atoms with Crippen molar-refractivity contribution in [1.82, 2.24) is 15.5 Å². The highest BCUT2D eigenvalue weighted by Crippen LogP contribution is 2.39. The Morgan fingerprint density at radius 3 is 1.47 bits per heavy atom. The van der Waals surface area contributed by atoms with Crippen LogP contribution in [0.25, 0.3) is 0 Å². The summed E-state index contributed by atoms with van der Waals surface area (Å²) in [6, 6.07) is 2.76. The summed E-state index contributed by atoms with van der Waals surface area (Å²) in [7, 11) is 0. The van der Waals surface area contributed by atoms with Crippen LogP contribution in [0.15, 0.2) is 0 Å². The molecule has 5 nitrogen and oxygen atoms in total. The highest BCUT2D eigenvalue weighted by atomic mass is 16.3. The van der Waals surface area contributed by atoms with E-state index < -0.39 is 0 Å². The van der Waals surface area contributed by atoms with Crippen molar-refractivity contribution in [3.63, 3.8) is 0 Å². The first-order valence-electron chi connectivity index (χ1n) is 20.6. The minimum absolute atomic E-state index is 0.138. The Hall–Kier alpha value is -0.200. The highest BCUT2D eigenvalue weighted by Gasteiger charge is 2.37. The van der Waals surface area contributed by atoms with Crippen LogP contribution in [0, 0.1) is 11.8 Å². The lowest BCUT2D eigenvalue weighted by molar-refractivity contribution is 0.0775. The maximum absolute atomic E-state index is 9.89. The molecule has 0 aliphatic carbocycles. The number of aliphatic hydroxyl groups is 2. The number of piperidine rings is 3. The predicted octanol–water partition coefficient (Wildman–Crippen LogP) is 8.89. The van der Waals surface area contributed by atoms with E-state index in [9.17, 15) is 10.2 Å². The summed E-state index contributed by atoms with van der Waals surface area (Å²) < 4.78 is 0. The normalized spacial score (nSPS) is 34.3. The summed E-state index contributed by atoms with van der Waals surface area (Å²) in [5, 5.41) is 27.0. The van der Waals surface area contributed by atoms with Gasteiger partial charge in [-0.05, 0) is 103 Å². The third kappa shape index (κ3) is 14.1. The monoisotopic (exact) mass is 632 g/mol. The Morgan fingerprint density at radius 2 is 0.978 bits per heavy atom. The molecule has 4 saturated heterocycles. The second-order valence-electron chi connectivity index (χ2n) is 16.5. The average molecular weight is 632 g/mol. The number of nitrogens with one attached hydrogen (secondary N) is 2. The first kappa shape index (κ1) is 37.6. The van der Waals surface area contributed by atoms with E-state index in [4.69, 9.17) is 0 Å². The largest absolute Gasteiger partial charge is 0.392 e. The first-order valence-corrected chi connectivity index (χ1v) is 20.6. The van der Waals surface area contributed by atoms with Crippen LogP contribution in [-0.2, 0) is 0 Å². The lowest BCUT2D eigenvalue weighted by atomic mass is 9.78. The van der Waals surface area contributed by atoms with Crippen LogP contribution in [0.3, 0.4) is 0 Å². The first-order chi connectivity index (χ1) is 22.0. The molecule has 4 aliphatic rings. The predicted molar refractivity (Wildman–Crippen MR) is 192 cm³/mol. The zero-order valence-electron chi connectivity index (χ0n) is 30.0. The zero-order valence-corrected chi connectivity index (χ0v) is 30.0. The van der Waals surface area contributed by atoms with Gasteiger partial charge in [0.15, 0.2) is 0 Å². The molecule has 0 radical (unpaired) electrons. The number of unbranched alkanes of at least 4 members (excludes halogenated alkanes) is 14. The van der Waals surface area contributed by atoms with Crippen molar-refractivity contribution in [1.29, 1.82) is 0 Å². The fraction of sp³-hybridized carbons (Fsp3) is 1.00. The van der Waals surface area contributed by atoms with Gasteiger partial charge in [0.25, 0.3) is 0 Å². The Bertz CT molecular complexity index is 751.